The number of fused-ring (bicyclic) bond motifs is 2. The molecule has 0 spiro atoms. The number of nitrogens with zero attached hydrogens (tertiary/aromatic N) is 6. The second kappa shape index (κ2) is 7.06. The minimum atomic E-state index is -0.702. The summed E-state index contributed by atoms with van der Waals surface area (Å²) in [6.45, 7) is 2.60. The summed E-state index contributed by atoms with van der Waals surface area (Å²) < 4.78 is 1.78. The monoisotopic (exact) mass is 406 g/mol. The van der Waals surface area contributed by atoms with Crippen LogP contribution in [-0.4, -0.2) is 64.6 Å². The largest absolute Gasteiger partial charge is 0.389 e. The summed E-state index contributed by atoms with van der Waals surface area (Å²) in [5.74, 6) is 1.17. The summed E-state index contributed by atoms with van der Waals surface area (Å²) in [5, 5.41) is 10.6. The first-order valence-electron chi connectivity index (χ1n) is 9.83. The normalized spacial score (nSPS) is 19.2. The number of aliphatic hydroxyl groups excluding tert-OH is 1. The second-order valence-electron chi connectivity index (χ2n) is 7.69. The molecule has 0 radical (unpaired) electrons. The number of aryl methyl sites for hydroxylation is 2. The summed E-state index contributed by atoms with van der Waals surface area (Å²) >= 11 is 0. The average molecular weight is 406 g/mol. The van der Waals surface area contributed by atoms with E-state index in [2.05, 4.69) is 24.9 Å². The van der Waals surface area contributed by atoms with E-state index in [4.69, 9.17) is 5.73 Å². The van der Waals surface area contributed by atoms with Crippen molar-refractivity contribution in [1.82, 2.24) is 34.4 Å². The number of nitrogen functional groups attached to an aromatic ring is 1. The molecule has 154 valence electrons. The van der Waals surface area contributed by atoms with E-state index in [-0.39, 0.29) is 18.5 Å². The van der Waals surface area contributed by atoms with Crippen LogP contribution in [0.5, 0.6) is 0 Å². The molecular formula is C20H22N8O2. The van der Waals surface area contributed by atoms with Crippen LogP contribution < -0.4 is 5.73 Å². The highest BCUT2D eigenvalue weighted by Crippen LogP contribution is 2.27. The van der Waals surface area contributed by atoms with Gasteiger partial charge in [-0.2, -0.15) is 0 Å². The number of hydrogen-bond acceptors (Lipinski definition) is 7. The number of hydrogen-bond donors (Lipinski definition) is 3. The van der Waals surface area contributed by atoms with Gasteiger partial charge in [0.1, 0.15) is 17.7 Å². The van der Waals surface area contributed by atoms with Crippen molar-refractivity contribution in [1.29, 1.82) is 0 Å². The van der Waals surface area contributed by atoms with Gasteiger partial charge >= 0.3 is 0 Å². The van der Waals surface area contributed by atoms with Crippen molar-refractivity contribution in [3.63, 3.8) is 0 Å². The lowest BCUT2D eigenvalue weighted by Gasteiger charge is -2.17. The van der Waals surface area contributed by atoms with E-state index in [9.17, 15) is 9.90 Å². The Morgan fingerprint density at radius 1 is 1.30 bits per heavy atom. The Hall–Kier alpha value is -3.53. The molecule has 1 saturated heterocycles. The average Bonchev–Trinajstić information content (AvgIpc) is 3.41. The first-order valence-corrected chi connectivity index (χ1v) is 9.83. The van der Waals surface area contributed by atoms with Gasteiger partial charge in [0.05, 0.1) is 29.5 Å². The molecule has 4 N–H and O–H groups in total. The van der Waals surface area contributed by atoms with E-state index in [1.54, 1.807) is 15.8 Å². The molecule has 1 aliphatic rings. The summed E-state index contributed by atoms with van der Waals surface area (Å²) in [4.78, 5) is 34.5. The number of H-pyrrole nitrogens is 1. The molecule has 4 aromatic rings. The number of rotatable bonds is 4. The molecule has 0 saturated carbocycles. The Morgan fingerprint density at radius 3 is 3.03 bits per heavy atom. The summed E-state index contributed by atoms with van der Waals surface area (Å²) in [6, 6.07) is 5.68. The van der Waals surface area contributed by atoms with Gasteiger partial charge in [0.25, 0.3) is 0 Å². The Morgan fingerprint density at radius 2 is 2.17 bits per heavy atom. The maximum atomic E-state index is 12.8. The molecule has 4 heterocycles. The molecule has 10 nitrogen and oxygen atoms in total. The Labute approximate surface area is 171 Å². The highest BCUT2D eigenvalue weighted by Gasteiger charge is 2.36. The van der Waals surface area contributed by atoms with Crippen LogP contribution in [0.1, 0.15) is 23.9 Å². The zero-order valence-corrected chi connectivity index (χ0v) is 16.5. The number of anilines is 1. The lowest BCUT2D eigenvalue weighted by molar-refractivity contribution is -0.130. The van der Waals surface area contributed by atoms with Crippen molar-refractivity contribution in [3.05, 3.63) is 42.2 Å². The Kier molecular flexibility index (Phi) is 4.35. The fourth-order valence-electron chi connectivity index (χ4n) is 4.11. The van der Waals surface area contributed by atoms with Gasteiger partial charge in [-0.3, -0.25) is 4.79 Å². The number of aromatic amines is 1. The number of imidazole rings is 2. The highest BCUT2D eigenvalue weighted by molar-refractivity contribution is 5.81. The standard InChI is InChI=1S/C20H22N8O2/c1-11-25-13-4-2-12(6-14(13)26-11)3-5-17(30)27-7-15(16(29)8-27)28-10-24-18-19(21)22-9-23-20(18)28/h2,4,6,9-10,15-16,29H,3,5,7-8H2,1H3,(H,25,26)(H2,21,22,23)/t15-,16-/m1/s1. The molecular weight excluding hydrogens is 384 g/mol. The molecule has 0 unspecified atom stereocenters. The van der Waals surface area contributed by atoms with E-state index in [1.165, 1.54) is 6.33 Å². The number of aliphatic hydroxyl groups is 1. The summed E-state index contributed by atoms with van der Waals surface area (Å²) in [6.07, 6.45) is 3.27. The Balaban J connectivity index is 1.28. The topological polar surface area (TPSA) is 139 Å². The van der Waals surface area contributed by atoms with Crippen LogP contribution in [0.3, 0.4) is 0 Å². The maximum Gasteiger partial charge on any atom is 0.223 e. The second-order valence-corrected chi connectivity index (χ2v) is 7.69. The molecule has 2 atom stereocenters. The molecule has 1 aliphatic heterocycles. The molecule has 0 bridgehead atoms. The molecule has 10 heteroatoms. The summed E-state index contributed by atoms with van der Waals surface area (Å²) in [7, 11) is 0. The fourth-order valence-corrected chi connectivity index (χ4v) is 4.11. The minimum absolute atomic E-state index is 0.0102. The van der Waals surface area contributed by atoms with Crippen molar-refractivity contribution in [2.24, 2.45) is 0 Å². The lowest BCUT2D eigenvalue weighted by atomic mass is 10.1. The number of β-amino-alcohol motifs (C(OH)–C–C–N with tert-alkyl or cyclic N) is 1. The summed E-state index contributed by atoms with van der Waals surface area (Å²) in [5.41, 5.74) is 9.88. The van der Waals surface area contributed by atoms with Crippen molar-refractivity contribution in [2.75, 3.05) is 18.8 Å². The number of benzene rings is 1. The van der Waals surface area contributed by atoms with Crippen LogP contribution in [0.25, 0.3) is 22.2 Å². The van der Waals surface area contributed by atoms with Crippen molar-refractivity contribution in [2.45, 2.75) is 31.9 Å². The Bertz CT molecular complexity index is 1250. The number of nitrogens with one attached hydrogen (secondary N) is 1. The molecule has 3 aromatic heterocycles. The van der Waals surface area contributed by atoms with Crippen LogP contribution in [0.4, 0.5) is 5.82 Å². The molecule has 1 amide bonds. The van der Waals surface area contributed by atoms with E-state index in [1.807, 2.05) is 25.1 Å². The van der Waals surface area contributed by atoms with Crippen molar-refractivity contribution in [3.8, 4) is 0 Å². The van der Waals surface area contributed by atoms with Gasteiger partial charge in [-0.25, -0.2) is 19.9 Å². The maximum absolute atomic E-state index is 12.8. The van der Waals surface area contributed by atoms with Crippen LogP contribution >= 0.6 is 0 Å². The minimum Gasteiger partial charge on any atom is -0.389 e. The van der Waals surface area contributed by atoms with Gasteiger partial charge in [-0.1, -0.05) is 6.07 Å². The number of carbonyl (C=O) groups is 1. The van der Waals surface area contributed by atoms with Gasteiger partial charge in [0, 0.05) is 19.5 Å². The third kappa shape index (κ3) is 3.14. The van der Waals surface area contributed by atoms with Gasteiger partial charge in [-0.05, 0) is 31.0 Å². The highest BCUT2D eigenvalue weighted by atomic mass is 16.3. The first-order chi connectivity index (χ1) is 14.5. The zero-order valence-electron chi connectivity index (χ0n) is 16.5. The van der Waals surface area contributed by atoms with E-state index >= 15 is 0 Å². The van der Waals surface area contributed by atoms with Gasteiger partial charge in [-0.15, -0.1) is 0 Å². The predicted molar refractivity (Wildman–Crippen MR) is 111 cm³/mol. The van der Waals surface area contributed by atoms with E-state index in [0.717, 1.165) is 22.4 Å². The molecule has 1 fully saturated rings. The van der Waals surface area contributed by atoms with Crippen LogP contribution in [-0.2, 0) is 11.2 Å². The lowest BCUT2D eigenvalue weighted by Crippen LogP contribution is -2.29. The van der Waals surface area contributed by atoms with Crippen LogP contribution in [0.2, 0.25) is 0 Å². The zero-order chi connectivity index (χ0) is 20.8. The van der Waals surface area contributed by atoms with Gasteiger partial charge in [0.15, 0.2) is 11.5 Å². The SMILES string of the molecule is Cc1nc2ccc(CCC(=O)N3C[C@@H](O)[C@H](n4cnc5c(N)ncnc54)C3)cc2[nH]1. The van der Waals surface area contributed by atoms with Crippen molar-refractivity contribution >= 4 is 33.9 Å². The quantitative estimate of drug-likeness (QED) is 0.459. The molecule has 5 rings (SSSR count). The van der Waals surface area contributed by atoms with E-state index < -0.39 is 6.10 Å². The smallest absolute Gasteiger partial charge is 0.223 e. The van der Waals surface area contributed by atoms with E-state index in [0.29, 0.717) is 36.4 Å². The molecule has 30 heavy (non-hydrogen) atoms. The fraction of sp³-hybridized carbons (Fsp3) is 0.350. The number of amides is 1. The van der Waals surface area contributed by atoms with Crippen LogP contribution in [0, 0.1) is 6.92 Å². The van der Waals surface area contributed by atoms with Crippen molar-refractivity contribution < 1.29 is 9.90 Å². The number of aromatic nitrogens is 6. The van der Waals surface area contributed by atoms with Gasteiger partial charge in [0.2, 0.25) is 5.91 Å². The molecule has 0 aliphatic carbocycles. The number of nitrogens with two attached hydrogens (primary N) is 1. The third-order valence-electron chi connectivity index (χ3n) is 5.65. The first kappa shape index (κ1) is 18.5. The van der Waals surface area contributed by atoms with Crippen LogP contribution in [0.15, 0.2) is 30.9 Å². The number of carbonyl (C=O) groups excluding carboxylic acids is 1. The predicted octanol–water partition coefficient (Wildman–Crippen LogP) is 0.970. The van der Waals surface area contributed by atoms with Gasteiger partial charge < -0.3 is 25.3 Å². The number of likely N-dealkylation sites (tertiary alicyclic amines) is 1. The third-order valence-corrected chi connectivity index (χ3v) is 5.65. The molecule has 1 aromatic carbocycles.